The van der Waals surface area contributed by atoms with Crippen LogP contribution in [-0.4, -0.2) is 64.0 Å². The van der Waals surface area contributed by atoms with Crippen molar-refractivity contribution in [3.63, 3.8) is 0 Å². The highest BCUT2D eigenvalue weighted by Crippen LogP contribution is 2.40. The maximum absolute atomic E-state index is 5.99. The zero-order valence-electron chi connectivity index (χ0n) is 17.7. The van der Waals surface area contributed by atoms with E-state index in [1.54, 1.807) is 7.11 Å². The lowest BCUT2D eigenvalue weighted by atomic mass is 9.79. The number of benzene rings is 1. The van der Waals surface area contributed by atoms with Crippen molar-refractivity contribution >= 4 is 5.96 Å². The summed E-state index contributed by atoms with van der Waals surface area (Å²) >= 11 is 0. The van der Waals surface area contributed by atoms with Crippen LogP contribution in [0.25, 0.3) is 0 Å². The maximum atomic E-state index is 5.99. The monoisotopic (exact) mass is 387 g/mol. The first-order valence-electron chi connectivity index (χ1n) is 10.9. The molecule has 28 heavy (non-hydrogen) atoms. The summed E-state index contributed by atoms with van der Waals surface area (Å²) in [5, 5.41) is 3.71. The van der Waals surface area contributed by atoms with E-state index in [4.69, 9.17) is 9.47 Å². The van der Waals surface area contributed by atoms with Crippen molar-refractivity contribution in [1.82, 2.24) is 10.2 Å². The Morgan fingerprint density at radius 2 is 1.86 bits per heavy atom. The zero-order chi connectivity index (χ0) is 19.7. The predicted octanol–water partition coefficient (Wildman–Crippen LogP) is 3.59. The van der Waals surface area contributed by atoms with Gasteiger partial charge in [0.25, 0.3) is 0 Å². The van der Waals surface area contributed by atoms with Gasteiger partial charge in [-0.1, -0.05) is 43.2 Å². The summed E-state index contributed by atoms with van der Waals surface area (Å²) in [6.07, 6.45) is 8.65. The minimum atomic E-state index is 0.250. The average Bonchev–Trinajstić information content (AvgIpc) is 3.23. The second kappa shape index (κ2) is 10.8. The number of hydrogen-bond acceptors (Lipinski definition) is 3. The molecule has 5 heteroatoms. The molecule has 1 aromatic carbocycles. The fraction of sp³-hybridized carbons (Fsp3) is 0.696. The normalized spacial score (nSPS) is 20.5. The van der Waals surface area contributed by atoms with Crippen LogP contribution < -0.4 is 5.32 Å². The third kappa shape index (κ3) is 5.48. The number of aliphatic imine (C=N–C) groups is 1. The number of hydrogen-bond donors (Lipinski definition) is 1. The topological polar surface area (TPSA) is 46.1 Å². The molecule has 2 fully saturated rings. The SMILES string of the molecule is CN=C(NCC1(c2ccccc2)CCCC1)N1CCC(OCCCOC)CC1. The highest BCUT2D eigenvalue weighted by atomic mass is 16.5. The Kier molecular flexibility index (Phi) is 8.16. The lowest BCUT2D eigenvalue weighted by Crippen LogP contribution is -2.50. The molecule has 0 aromatic heterocycles. The minimum Gasteiger partial charge on any atom is -0.385 e. The van der Waals surface area contributed by atoms with Crippen molar-refractivity contribution in [2.75, 3.05) is 47.0 Å². The van der Waals surface area contributed by atoms with Gasteiger partial charge in [-0.25, -0.2) is 0 Å². The Balaban J connectivity index is 1.50. The molecular weight excluding hydrogens is 350 g/mol. The summed E-state index contributed by atoms with van der Waals surface area (Å²) in [7, 11) is 3.64. The van der Waals surface area contributed by atoms with E-state index in [1.165, 1.54) is 31.2 Å². The number of nitrogens with zero attached hydrogens (tertiary/aromatic N) is 2. The molecule has 1 heterocycles. The minimum absolute atomic E-state index is 0.250. The summed E-state index contributed by atoms with van der Waals surface area (Å²) < 4.78 is 11.1. The van der Waals surface area contributed by atoms with Crippen molar-refractivity contribution in [3.05, 3.63) is 35.9 Å². The second-order valence-corrected chi connectivity index (χ2v) is 8.16. The van der Waals surface area contributed by atoms with Gasteiger partial charge in [-0.2, -0.15) is 0 Å². The average molecular weight is 388 g/mol. The van der Waals surface area contributed by atoms with Crippen LogP contribution in [0.15, 0.2) is 35.3 Å². The predicted molar refractivity (Wildman–Crippen MR) is 115 cm³/mol. The van der Waals surface area contributed by atoms with Crippen LogP contribution in [0.2, 0.25) is 0 Å². The van der Waals surface area contributed by atoms with Gasteiger partial charge in [0.05, 0.1) is 6.10 Å². The maximum Gasteiger partial charge on any atom is 0.193 e. The standard InChI is InChI=1S/C23H37N3O2/c1-24-22(26-15-11-21(12-16-26)28-18-8-17-27-2)25-19-23(13-6-7-14-23)20-9-4-3-5-10-20/h3-5,9-10,21H,6-8,11-19H2,1-2H3,(H,24,25). The van der Waals surface area contributed by atoms with Crippen molar-refractivity contribution in [1.29, 1.82) is 0 Å². The summed E-state index contributed by atoms with van der Waals surface area (Å²) in [6, 6.07) is 11.0. The van der Waals surface area contributed by atoms with Crippen LogP contribution in [0, 0.1) is 0 Å². The summed E-state index contributed by atoms with van der Waals surface area (Å²) in [6.45, 7) is 4.56. The zero-order valence-corrected chi connectivity index (χ0v) is 17.7. The molecular formula is C23H37N3O2. The molecule has 0 amide bonds. The molecule has 1 saturated heterocycles. The Hall–Kier alpha value is -1.59. The van der Waals surface area contributed by atoms with Gasteiger partial charge in [0.1, 0.15) is 0 Å². The number of nitrogens with one attached hydrogen (secondary N) is 1. The Bertz CT molecular complexity index is 591. The Morgan fingerprint density at radius 1 is 1.14 bits per heavy atom. The van der Waals surface area contributed by atoms with Crippen LogP contribution in [0.5, 0.6) is 0 Å². The molecule has 2 aliphatic rings. The first-order chi connectivity index (χ1) is 13.8. The van der Waals surface area contributed by atoms with E-state index >= 15 is 0 Å². The highest BCUT2D eigenvalue weighted by Gasteiger charge is 2.36. The van der Waals surface area contributed by atoms with E-state index in [9.17, 15) is 0 Å². The molecule has 5 nitrogen and oxygen atoms in total. The molecule has 156 valence electrons. The molecule has 3 rings (SSSR count). The summed E-state index contributed by atoms with van der Waals surface area (Å²) in [5.74, 6) is 1.04. The van der Waals surface area contributed by atoms with Crippen LogP contribution in [0.4, 0.5) is 0 Å². The van der Waals surface area contributed by atoms with Gasteiger partial charge in [-0.05, 0) is 37.7 Å². The molecule has 0 unspecified atom stereocenters. The van der Waals surface area contributed by atoms with Gasteiger partial charge < -0.3 is 19.7 Å². The molecule has 0 radical (unpaired) electrons. The molecule has 0 spiro atoms. The smallest absolute Gasteiger partial charge is 0.193 e. The Labute approximate surface area is 170 Å². The fourth-order valence-electron chi connectivity index (χ4n) is 4.68. The van der Waals surface area contributed by atoms with E-state index in [2.05, 4.69) is 45.5 Å². The van der Waals surface area contributed by atoms with Crippen LogP contribution in [-0.2, 0) is 14.9 Å². The molecule has 1 aliphatic heterocycles. The van der Waals surface area contributed by atoms with E-state index in [-0.39, 0.29) is 5.41 Å². The first kappa shape index (κ1) is 21.1. The molecule has 1 N–H and O–H groups in total. The van der Waals surface area contributed by atoms with E-state index in [0.29, 0.717) is 6.10 Å². The molecule has 0 atom stereocenters. The molecule has 1 saturated carbocycles. The third-order valence-electron chi connectivity index (χ3n) is 6.33. The van der Waals surface area contributed by atoms with Gasteiger partial charge in [0.2, 0.25) is 0 Å². The number of rotatable bonds is 8. The van der Waals surface area contributed by atoms with Gasteiger partial charge in [-0.15, -0.1) is 0 Å². The Morgan fingerprint density at radius 3 is 2.50 bits per heavy atom. The van der Waals surface area contributed by atoms with Gasteiger partial charge in [0.15, 0.2) is 5.96 Å². The quantitative estimate of drug-likeness (QED) is 0.421. The van der Waals surface area contributed by atoms with Crippen molar-refractivity contribution in [2.45, 2.75) is 56.5 Å². The summed E-state index contributed by atoms with van der Waals surface area (Å²) in [5.41, 5.74) is 1.72. The van der Waals surface area contributed by atoms with E-state index < -0.39 is 0 Å². The van der Waals surface area contributed by atoms with Crippen LogP contribution in [0.1, 0.15) is 50.5 Å². The van der Waals surface area contributed by atoms with Crippen molar-refractivity contribution in [2.24, 2.45) is 4.99 Å². The fourth-order valence-corrected chi connectivity index (χ4v) is 4.68. The lowest BCUT2D eigenvalue weighted by Gasteiger charge is -2.36. The summed E-state index contributed by atoms with van der Waals surface area (Å²) in [4.78, 5) is 6.97. The highest BCUT2D eigenvalue weighted by molar-refractivity contribution is 5.80. The van der Waals surface area contributed by atoms with E-state index in [0.717, 1.165) is 58.1 Å². The molecule has 0 bridgehead atoms. The second-order valence-electron chi connectivity index (χ2n) is 8.16. The number of guanidine groups is 1. The van der Waals surface area contributed by atoms with Crippen molar-refractivity contribution < 1.29 is 9.47 Å². The molecule has 1 aromatic rings. The van der Waals surface area contributed by atoms with Crippen LogP contribution in [0.3, 0.4) is 0 Å². The molecule has 1 aliphatic carbocycles. The van der Waals surface area contributed by atoms with Gasteiger partial charge >= 0.3 is 0 Å². The van der Waals surface area contributed by atoms with Crippen molar-refractivity contribution in [3.8, 4) is 0 Å². The number of likely N-dealkylation sites (tertiary alicyclic amines) is 1. The van der Waals surface area contributed by atoms with E-state index in [1.807, 2.05) is 7.05 Å². The number of ether oxygens (including phenoxy) is 2. The largest absolute Gasteiger partial charge is 0.385 e. The van der Waals surface area contributed by atoms with Gasteiger partial charge in [-0.3, -0.25) is 4.99 Å². The number of piperidine rings is 1. The first-order valence-corrected chi connectivity index (χ1v) is 10.9. The number of methoxy groups -OCH3 is 1. The van der Waals surface area contributed by atoms with Gasteiger partial charge in [0, 0.05) is 52.4 Å². The third-order valence-corrected chi connectivity index (χ3v) is 6.33. The lowest BCUT2D eigenvalue weighted by molar-refractivity contribution is 0.00987. The van der Waals surface area contributed by atoms with Crippen LogP contribution >= 0.6 is 0 Å².